The van der Waals surface area contributed by atoms with Crippen LogP contribution in [0.5, 0.6) is 0 Å². The first-order valence-corrected chi connectivity index (χ1v) is 10.9. The Hall–Kier alpha value is -3.15. The van der Waals surface area contributed by atoms with Crippen LogP contribution in [0.3, 0.4) is 0 Å². The highest BCUT2D eigenvalue weighted by Crippen LogP contribution is 2.24. The van der Waals surface area contributed by atoms with Gasteiger partial charge in [-0.2, -0.15) is 5.10 Å². The average Bonchev–Trinajstić information content (AvgIpc) is 3.26. The van der Waals surface area contributed by atoms with Crippen molar-refractivity contribution in [2.75, 3.05) is 18.0 Å². The minimum Gasteiger partial charge on any atom is -0.371 e. The van der Waals surface area contributed by atoms with Crippen molar-refractivity contribution in [3.8, 4) is 0 Å². The number of hydrazone groups is 1. The minimum absolute atomic E-state index is 0.0772. The summed E-state index contributed by atoms with van der Waals surface area (Å²) in [6.45, 7) is 10.1. The van der Waals surface area contributed by atoms with Gasteiger partial charge in [0.1, 0.15) is 6.04 Å². The van der Waals surface area contributed by atoms with E-state index in [1.54, 1.807) is 18.3 Å². The molecule has 6 nitrogen and oxygen atoms in total. The monoisotopic (exact) mass is 420 g/mol. The molecule has 2 N–H and O–H groups in total. The van der Waals surface area contributed by atoms with Gasteiger partial charge in [0.05, 0.1) is 6.21 Å². The van der Waals surface area contributed by atoms with Crippen LogP contribution in [0.4, 0.5) is 5.69 Å². The first-order chi connectivity index (χ1) is 14.8. The summed E-state index contributed by atoms with van der Waals surface area (Å²) in [6, 6.07) is 12.8. The summed E-state index contributed by atoms with van der Waals surface area (Å²) >= 11 is 0. The second-order valence-electron chi connectivity index (χ2n) is 8.54. The number of aryl methyl sites for hydroxylation is 2. The zero-order valence-corrected chi connectivity index (χ0v) is 18.8. The third kappa shape index (κ3) is 5.94. The highest BCUT2D eigenvalue weighted by molar-refractivity contribution is 5.97. The number of anilines is 1. The maximum atomic E-state index is 12.6. The standard InChI is InChI=1S/C25H32N4O2/c1-17(2)23(27-24(30)21-10-7-18(3)8-11-21)25(31)28-26-16-20-9-12-22(19(4)15-20)29-13-5-6-14-29/h7-12,15-17,23H,5-6,13-14H2,1-4H3,(H,27,30)(H,28,31)/b26-16-. The molecule has 0 aliphatic carbocycles. The second-order valence-corrected chi connectivity index (χ2v) is 8.54. The van der Waals surface area contributed by atoms with Gasteiger partial charge >= 0.3 is 0 Å². The summed E-state index contributed by atoms with van der Waals surface area (Å²) in [7, 11) is 0. The van der Waals surface area contributed by atoms with Crippen LogP contribution >= 0.6 is 0 Å². The number of carbonyl (C=O) groups is 2. The molecule has 3 rings (SSSR count). The lowest BCUT2D eigenvalue weighted by Gasteiger charge is -2.21. The lowest BCUT2D eigenvalue weighted by Crippen LogP contribution is -2.48. The van der Waals surface area contributed by atoms with Gasteiger partial charge in [0.2, 0.25) is 0 Å². The molecule has 1 saturated heterocycles. The normalized spacial score (nSPS) is 14.8. The molecule has 0 spiro atoms. The lowest BCUT2D eigenvalue weighted by molar-refractivity contribution is -0.123. The van der Waals surface area contributed by atoms with E-state index in [1.807, 2.05) is 39.0 Å². The number of carbonyl (C=O) groups excluding carboxylic acids is 2. The van der Waals surface area contributed by atoms with E-state index in [4.69, 9.17) is 0 Å². The fourth-order valence-corrected chi connectivity index (χ4v) is 3.78. The molecule has 0 bridgehead atoms. The summed E-state index contributed by atoms with van der Waals surface area (Å²) in [6.07, 6.45) is 4.12. The summed E-state index contributed by atoms with van der Waals surface area (Å²) in [5.74, 6) is -0.685. The van der Waals surface area contributed by atoms with E-state index in [2.05, 4.69) is 39.8 Å². The van der Waals surface area contributed by atoms with Crippen molar-refractivity contribution in [1.82, 2.24) is 10.7 Å². The van der Waals surface area contributed by atoms with E-state index in [9.17, 15) is 9.59 Å². The number of nitrogens with zero attached hydrogens (tertiary/aromatic N) is 2. The van der Waals surface area contributed by atoms with Gasteiger partial charge in [-0.05, 0) is 68.0 Å². The Kier molecular flexibility index (Phi) is 7.45. The summed E-state index contributed by atoms with van der Waals surface area (Å²) in [5.41, 5.74) is 7.56. The Balaban J connectivity index is 1.60. The SMILES string of the molecule is Cc1ccc(C(=O)NC(C(=O)N/N=C\c2ccc(N3CCCC3)c(C)c2)C(C)C)cc1. The van der Waals surface area contributed by atoms with E-state index in [0.29, 0.717) is 5.56 Å². The molecular weight excluding hydrogens is 388 g/mol. The van der Waals surface area contributed by atoms with Crippen molar-refractivity contribution < 1.29 is 9.59 Å². The Morgan fingerprint density at radius 1 is 1.03 bits per heavy atom. The maximum absolute atomic E-state index is 12.6. The Morgan fingerprint density at radius 2 is 1.71 bits per heavy atom. The molecule has 31 heavy (non-hydrogen) atoms. The van der Waals surface area contributed by atoms with Crippen molar-refractivity contribution in [3.63, 3.8) is 0 Å². The first-order valence-electron chi connectivity index (χ1n) is 10.9. The molecule has 2 amide bonds. The molecule has 2 aromatic carbocycles. The predicted octanol–water partition coefficient (Wildman–Crippen LogP) is 3.81. The quantitative estimate of drug-likeness (QED) is 0.528. The van der Waals surface area contributed by atoms with E-state index in [0.717, 1.165) is 24.2 Å². The van der Waals surface area contributed by atoms with Crippen molar-refractivity contribution >= 4 is 23.7 Å². The van der Waals surface area contributed by atoms with Gasteiger partial charge in [-0.3, -0.25) is 9.59 Å². The van der Waals surface area contributed by atoms with E-state index < -0.39 is 6.04 Å². The van der Waals surface area contributed by atoms with Crippen molar-refractivity contribution in [2.24, 2.45) is 11.0 Å². The van der Waals surface area contributed by atoms with Gasteiger partial charge in [0.15, 0.2) is 0 Å². The number of hydrogen-bond acceptors (Lipinski definition) is 4. The molecule has 164 valence electrons. The third-order valence-electron chi connectivity index (χ3n) is 5.61. The number of rotatable bonds is 7. The third-order valence-corrected chi connectivity index (χ3v) is 5.61. The Morgan fingerprint density at radius 3 is 2.32 bits per heavy atom. The van der Waals surface area contributed by atoms with Crippen LogP contribution in [-0.2, 0) is 4.79 Å². The van der Waals surface area contributed by atoms with Crippen molar-refractivity contribution in [1.29, 1.82) is 0 Å². The number of amides is 2. The Bertz CT molecular complexity index is 944. The number of benzene rings is 2. The van der Waals surface area contributed by atoms with E-state index in [-0.39, 0.29) is 17.7 Å². The topological polar surface area (TPSA) is 73.8 Å². The number of nitrogens with one attached hydrogen (secondary N) is 2. The van der Waals surface area contributed by atoms with Crippen LogP contribution < -0.4 is 15.6 Å². The second kappa shape index (κ2) is 10.2. The highest BCUT2D eigenvalue weighted by Gasteiger charge is 2.24. The highest BCUT2D eigenvalue weighted by atomic mass is 16.2. The van der Waals surface area contributed by atoms with E-state index in [1.165, 1.54) is 24.1 Å². The first kappa shape index (κ1) is 22.5. The summed E-state index contributed by atoms with van der Waals surface area (Å²) < 4.78 is 0. The van der Waals surface area contributed by atoms with Gasteiger partial charge in [0, 0.05) is 24.3 Å². The van der Waals surface area contributed by atoms with Crippen LogP contribution in [0.15, 0.2) is 47.6 Å². The summed E-state index contributed by atoms with van der Waals surface area (Å²) in [4.78, 5) is 27.6. The van der Waals surface area contributed by atoms with Crippen LogP contribution in [0.25, 0.3) is 0 Å². The largest absolute Gasteiger partial charge is 0.371 e. The molecule has 2 aromatic rings. The van der Waals surface area contributed by atoms with Crippen LogP contribution in [-0.4, -0.2) is 37.2 Å². The molecule has 1 heterocycles. The molecule has 1 atom stereocenters. The fraction of sp³-hybridized carbons (Fsp3) is 0.400. The maximum Gasteiger partial charge on any atom is 0.262 e. The molecule has 1 aliphatic rings. The zero-order chi connectivity index (χ0) is 22.4. The Labute approximate surface area is 184 Å². The number of hydrogen-bond donors (Lipinski definition) is 2. The molecule has 0 radical (unpaired) electrons. The van der Waals surface area contributed by atoms with Crippen molar-refractivity contribution in [3.05, 3.63) is 64.7 Å². The molecule has 0 saturated carbocycles. The molecule has 6 heteroatoms. The molecule has 1 aliphatic heterocycles. The van der Waals surface area contributed by atoms with Gasteiger partial charge in [0.25, 0.3) is 11.8 Å². The summed E-state index contributed by atoms with van der Waals surface area (Å²) in [5, 5.41) is 6.93. The lowest BCUT2D eigenvalue weighted by atomic mass is 10.0. The fourth-order valence-electron chi connectivity index (χ4n) is 3.78. The van der Waals surface area contributed by atoms with Gasteiger partial charge in [-0.1, -0.05) is 37.6 Å². The molecule has 0 aromatic heterocycles. The molecular formula is C25H32N4O2. The van der Waals surface area contributed by atoms with Gasteiger partial charge in [-0.25, -0.2) is 5.43 Å². The van der Waals surface area contributed by atoms with E-state index >= 15 is 0 Å². The minimum atomic E-state index is -0.676. The molecule has 1 unspecified atom stereocenters. The smallest absolute Gasteiger partial charge is 0.262 e. The van der Waals surface area contributed by atoms with Crippen molar-refractivity contribution in [2.45, 2.75) is 46.6 Å². The van der Waals surface area contributed by atoms with Gasteiger partial charge < -0.3 is 10.2 Å². The van der Waals surface area contributed by atoms with Crippen LogP contribution in [0.1, 0.15) is 53.7 Å². The van der Waals surface area contributed by atoms with Gasteiger partial charge in [-0.15, -0.1) is 0 Å². The average molecular weight is 421 g/mol. The van der Waals surface area contributed by atoms with Crippen LogP contribution in [0.2, 0.25) is 0 Å². The molecule has 1 fully saturated rings. The predicted molar refractivity (Wildman–Crippen MR) is 126 cm³/mol. The zero-order valence-electron chi connectivity index (χ0n) is 18.8. The van der Waals surface area contributed by atoms with Crippen LogP contribution in [0, 0.1) is 19.8 Å².